The minimum atomic E-state index is -0.562. The fourth-order valence-corrected chi connectivity index (χ4v) is 2.92. The number of hydrogen-bond donors (Lipinski definition) is 1. The van der Waals surface area contributed by atoms with Crippen molar-refractivity contribution >= 4 is 35.0 Å². The standard InChI is InChI=1S/C15H21ClFNO2S/c1-8(2)7-20-15(19)14(9(3)4)21-13-6-12(18)11(17)5-10(13)16/h5-6,8-9,14H,7,18H2,1-4H3. The summed E-state index contributed by atoms with van der Waals surface area (Å²) in [6.07, 6.45) is 0. The van der Waals surface area contributed by atoms with E-state index in [1.807, 2.05) is 27.7 Å². The van der Waals surface area contributed by atoms with Crippen LogP contribution in [0.3, 0.4) is 0 Å². The van der Waals surface area contributed by atoms with Crippen molar-refractivity contribution < 1.29 is 13.9 Å². The van der Waals surface area contributed by atoms with Crippen molar-refractivity contribution in [3.63, 3.8) is 0 Å². The van der Waals surface area contributed by atoms with Crippen LogP contribution in [0.2, 0.25) is 5.02 Å². The van der Waals surface area contributed by atoms with Crippen LogP contribution in [-0.4, -0.2) is 17.8 Å². The van der Waals surface area contributed by atoms with Crippen molar-refractivity contribution in [3.8, 4) is 0 Å². The third-order valence-electron chi connectivity index (χ3n) is 2.70. The molecule has 0 saturated heterocycles. The molecule has 0 radical (unpaired) electrons. The summed E-state index contributed by atoms with van der Waals surface area (Å²) in [5.74, 6) is -0.524. The van der Waals surface area contributed by atoms with Crippen LogP contribution in [0.5, 0.6) is 0 Å². The molecule has 1 aromatic rings. The van der Waals surface area contributed by atoms with Gasteiger partial charge in [0.1, 0.15) is 11.1 Å². The van der Waals surface area contributed by atoms with Crippen LogP contribution in [0.15, 0.2) is 17.0 Å². The normalized spacial score (nSPS) is 12.8. The van der Waals surface area contributed by atoms with Crippen molar-refractivity contribution in [3.05, 3.63) is 23.0 Å². The van der Waals surface area contributed by atoms with E-state index in [2.05, 4.69) is 0 Å². The molecule has 0 aliphatic rings. The Morgan fingerprint density at radius 1 is 1.38 bits per heavy atom. The summed E-state index contributed by atoms with van der Waals surface area (Å²) >= 11 is 7.27. The molecule has 1 rings (SSSR count). The maximum absolute atomic E-state index is 13.3. The zero-order valence-electron chi connectivity index (χ0n) is 12.7. The van der Waals surface area contributed by atoms with Gasteiger partial charge < -0.3 is 10.5 Å². The molecular formula is C15H21ClFNO2S. The zero-order chi connectivity index (χ0) is 16.2. The minimum absolute atomic E-state index is 0.0138. The third-order valence-corrected chi connectivity index (χ3v) is 4.71. The molecule has 0 aliphatic heterocycles. The largest absolute Gasteiger partial charge is 0.465 e. The van der Waals surface area contributed by atoms with Crippen molar-refractivity contribution in [2.24, 2.45) is 11.8 Å². The third kappa shape index (κ3) is 5.40. The van der Waals surface area contributed by atoms with Crippen LogP contribution in [0.4, 0.5) is 10.1 Å². The first-order valence-corrected chi connectivity index (χ1v) is 8.06. The second-order valence-corrected chi connectivity index (χ2v) is 7.20. The summed E-state index contributed by atoms with van der Waals surface area (Å²) in [6, 6.07) is 2.61. The maximum Gasteiger partial charge on any atom is 0.319 e. The van der Waals surface area contributed by atoms with E-state index in [1.165, 1.54) is 17.8 Å². The molecule has 0 spiro atoms. The van der Waals surface area contributed by atoms with E-state index in [0.29, 0.717) is 11.5 Å². The van der Waals surface area contributed by atoms with Gasteiger partial charge in [-0.2, -0.15) is 0 Å². The number of thioether (sulfide) groups is 1. The number of halogens is 2. The Morgan fingerprint density at radius 3 is 2.52 bits per heavy atom. The number of benzene rings is 1. The molecular weight excluding hydrogens is 313 g/mol. The Balaban J connectivity index is 2.88. The zero-order valence-corrected chi connectivity index (χ0v) is 14.2. The topological polar surface area (TPSA) is 52.3 Å². The molecule has 1 atom stereocenters. The Kier molecular flexibility index (Phi) is 6.81. The SMILES string of the molecule is CC(C)COC(=O)C(Sc1cc(N)c(F)cc1Cl)C(C)C. The molecule has 2 N–H and O–H groups in total. The molecule has 0 aromatic heterocycles. The lowest BCUT2D eigenvalue weighted by molar-refractivity contribution is -0.144. The highest BCUT2D eigenvalue weighted by Crippen LogP contribution is 2.36. The smallest absolute Gasteiger partial charge is 0.319 e. The predicted octanol–water partition coefficient (Wildman–Crippen LogP) is 4.38. The van der Waals surface area contributed by atoms with E-state index in [9.17, 15) is 9.18 Å². The molecule has 0 saturated carbocycles. The maximum atomic E-state index is 13.3. The number of anilines is 1. The molecule has 0 fully saturated rings. The van der Waals surface area contributed by atoms with E-state index in [-0.39, 0.29) is 28.5 Å². The van der Waals surface area contributed by atoms with E-state index >= 15 is 0 Å². The lowest BCUT2D eigenvalue weighted by atomic mass is 10.1. The van der Waals surface area contributed by atoms with E-state index in [0.717, 1.165) is 6.07 Å². The summed E-state index contributed by atoms with van der Waals surface area (Å²) in [4.78, 5) is 12.7. The molecule has 3 nitrogen and oxygen atoms in total. The van der Waals surface area contributed by atoms with Gasteiger partial charge in [0.15, 0.2) is 0 Å². The van der Waals surface area contributed by atoms with Gasteiger partial charge in [0.2, 0.25) is 0 Å². The average Bonchev–Trinajstić information content (AvgIpc) is 2.38. The van der Waals surface area contributed by atoms with Crippen LogP contribution < -0.4 is 5.73 Å². The second kappa shape index (κ2) is 7.90. The van der Waals surface area contributed by atoms with Crippen molar-refractivity contribution in [2.75, 3.05) is 12.3 Å². The second-order valence-electron chi connectivity index (χ2n) is 5.61. The first-order valence-electron chi connectivity index (χ1n) is 6.80. The lowest BCUT2D eigenvalue weighted by Gasteiger charge is -2.20. The van der Waals surface area contributed by atoms with Crippen LogP contribution in [0.25, 0.3) is 0 Å². The minimum Gasteiger partial charge on any atom is -0.465 e. The number of nitrogens with two attached hydrogens (primary N) is 1. The van der Waals surface area contributed by atoms with E-state index in [4.69, 9.17) is 22.1 Å². The molecule has 0 heterocycles. The summed E-state index contributed by atoms with van der Waals surface area (Å²) in [6.45, 7) is 8.18. The molecule has 6 heteroatoms. The average molecular weight is 334 g/mol. The number of esters is 1. The van der Waals surface area contributed by atoms with Crippen molar-refractivity contribution in [1.82, 2.24) is 0 Å². The fourth-order valence-electron chi connectivity index (χ4n) is 1.56. The van der Waals surface area contributed by atoms with Crippen molar-refractivity contribution in [1.29, 1.82) is 0 Å². The van der Waals surface area contributed by atoms with Crippen LogP contribution in [0.1, 0.15) is 27.7 Å². The van der Waals surface area contributed by atoms with Crippen molar-refractivity contribution in [2.45, 2.75) is 37.8 Å². The van der Waals surface area contributed by atoms with E-state index < -0.39 is 11.1 Å². The predicted molar refractivity (Wildman–Crippen MR) is 86.1 cm³/mol. The molecule has 0 bridgehead atoms. The highest BCUT2D eigenvalue weighted by atomic mass is 35.5. The molecule has 1 aromatic carbocycles. The fraction of sp³-hybridized carbons (Fsp3) is 0.533. The molecule has 0 aliphatic carbocycles. The summed E-state index contributed by atoms with van der Waals surface area (Å²) < 4.78 is 18.6. The Hall–Kier alpha value is -0.940. The number of ether oxygens (including phenoxy) is 1. The summed E-state index contributed by atoms with van der Waals surface area (Å²) in [5.41, 5.74) is 5.57. The highest BCUT2D eigenvalue weighted by Gasteiger charge is 2.26. The van der Waals surface area contributed by atoms with Crippen LogP contribution >= 0.6 is 23.4 Å². The Labute approximate surface area is 134 Å². The van der Waals surface area contributed by atoms with Gasteiger partial charge in [-0.15, -0.1) is 11.8 Å². The van der Waals surface area contributed by atoms with Gasteiger partial charge in [0.25, 0.3) is 0 Å². The number of rotatable bonds is 6. The molecule has 118 valence electrons. The number of hydrogen-bond acceptors (Lipinski definition) is 4. The monoisotopic (exact) mass is 333 g/mol. The Bertz CT molecular complexity index is 509. The van der Waals surface area contributed by atoms with Gasteiger partial charge in [-0.3, -0.25) is 4.79 Å². The first kappa shape index (κ1) is 18.1. The highest BCUT2D eigenvalue weighted by molar-refractivity contribution is 8.00. The number of carbonyl (C=O) groups excluding carboxylic acids is 1. The molecule has 21 heavy (non-hydrogen) atoms. The first-order chi connectivity index (χ1) is 9.72. The number of nitrogen functional groups attached to an aromatic ring is 1. The van der Waals surface area contributed by atoms with Gasteiger partial charge in [-0.05, 0) is 24.0 Å². The van der Waals surface area contributed by atoms with Gasteiger partial charge in [0, 0.05) is 4.90 Å². The lowest BCUT2D eigenvalue weighted by Crippen LogP contribution is -2.26. The van der Waals surface area contributed by atoms with Crippen LogP contribution in [0, 0.1) is 17.7 Å². The Morgan fingerprint density at radius 2 is 2.00 bits per heavy atom. The quantitative estimate of drug-likeness (QED) is 0.477. The van der Waals surface area contributed by atoms with E-state index in [1.54, 1.807) is 0 Å². The molecule has 1 unspecified atom stereocenters. The molecule has 0 amide bonds. The summed E-state index contributed by atoms with van der Waals surface area (Å²) in [5, 5.41) is -0.167. The van der Waals surface area contributed by atoms with Gasteiger partial charge in [0.05, 0.1) is 17.3 Å². The van der Waals surface area contributed by atoms with Crippen LogP contribution in [-0.2, 0) is 9.53 Å². The van der Waals surface area contributed by atoms with Gasteiger partial charge >= 0.3 is 5.97 Å². The number of carbonyl (C=O) groups is 1. The van der Waals surface area contributed by atoms with Gasteiger partial charge in [-0.1, -0.05) is 39.3 Å². The van der Waals surface area contributed by atoms with Gasteiger partial charge in [-0.25, -0.2) is 4.39 Å². The summed E-state index contributed by atoms with van der Waals surface area (Å²) in [7, 11) is 0.